The summed E-state index contributed by atoms with van der Waals surface area (Å²) >= 11 is 0. The van der Waals surface area contributed by atoms with Crippen LogP contribution in [0.1, 0.15) is 49.8 Å². The molecule has 1 aliphatic heterocycles. The molecule has 20 heavy (non-hydrogen) atoms. The summed E-state index contributed by atoms with van der Waals surface area (Å²) in [5.74, 6) is 4.03. The molecule has 1 heterocycles. The van der Waals surface area contributed by atoms with Crippen LogP contribution in [0.4, 0.5) is 0 Å². The van der Waals surface area contributed by atoms with Gasteiger partial charge in [-0.3, -0.25) is 0 Å². The Morgan fingerprint density at radius 1 is 1.25 bits per heavy atom. The fourth-order valence-electron chi connectivity index (χ4n) is 4.70. The first-order valence-electron chi connectivity index (χ1n) is 8.38. The lowest BCUT2D eigenvalue weighted by molar-refractivity contribution is 0.278. The molecule has 1 N–H and O–H groups in total. The van der Waals surface area contributed by atoms with Gasteiger partial charge in [0.25, 0.3) is 0 Å². The summed E-state index contributed by atoms with van der Waals surface area (Å²) in [4.78, 5) is 0. The van der Waals surface area contributed by atoms with Gasteiger partial charge in [-0.15, -0.1) is 0 Å². The fourth-order valence-corrected chi connectivity index (χ4v) is 4.70. The van der Waals surface area contributed by atoms with E-state index in [1.807, 2.05) is 0 Å². The highest BCUT2D eigenvalue weighted by Crippen LogP contribution is 2.62. The molecule has 3 unspecified atom stereocenters. The van der Waals surface area contributed by atoms with Gasteiger partial charge in [-0.2, -0.15) is 0 Å². The molecule has 1 aromatic carbocycles. The van der Waals surface area contributed by atoms with E-state index >= 15 is 0 Å². The second-order valence-electron chi connectivity index (χ2n) is 6.66. The van der Waals surface area contributed by atoms with Crippen LogP contribution in [0.5, 0.6) is 5.75 Å². The second-order valence-corrected chi connectivity index (χ2v) is 6.66. The van der Waals surface area contributed by atoms with Crippen LogP contribution in [-0.2, 0) is 6.42 Å². The molecule has 2 fully saturated rings. The summed E-state index contributed by atoms with van der Waals surface area (Å²) in [5.41, 5.74) is 2.85. The van der Waals surface area contributed by atoms with E-state index in [9.17, 15) is 0 Å². The van der Waals surface area contributed by atoms with Gasteiger partial charge in [0, 0.05) is 11.6 Å². The minimum atomic E-state index is 0.517. The predicted octanol–water partition coefficient (Wildman–Crippen LogP) is 3.71. The molecule has 2 aliphatic carbocycles. The number of benzene rings is 1. The van der Waals surface area contributed by atoms with Crippen molar-refractivity contribution in [2.24, 2.45) is 17.8 Å². The van der Waals surface area contributed by atoms with Crippen molar-refractivity contribution < 1.29 is 4.74 Å². The Morgan fingerprint density at radius 3 is 2.90 bits per heavy atom. The Balaban J connectivity index is 1.66. The van der Waals surface area contributed by atoms with Gasteiger partial charge < -0.3 is 10.1 Å². The van der Waals surface area contributed by atoms with E-state index in [2.05, 4.69) is 30.4 Å². The summed E-state index contributed by atoms with van der Waals surface area (Å²) in [6.07, 6.45) is 6.70. The number of aryl methyl sites for hydroxylation is 1. The van der Waals surface area contributed by atoms with E-state index in [1.165, 1.54) is 42.6 Å². The van der Waals surface area contributed by atoms with Crippen molar-refractivity contribution >= 4 is 0 Å². The Bertz CT molecular complexity index is 488. The summed E-state index contributed by atoms with van der Waals surface area (Å²) in [7, 11) is 0. The molecule has 0 bridgehead atoms. The highest BCUT2D eigenvalue weighted by molar-refractivity contribution is 5.45. The molecule has 0 amide bonds. The number of hydrogen-bond donors (Lipinski definition) is 1. The Labute approximate surface area is 121 Å². The summed E-state index contributed by atoms with van der Waals surface area (Å²) < 4.78 is 6.04. The van der Waals surface area contributed by atoms with E-state index < -0.39 is 0 Å². The van der Waals surface area contributed by atoms with E-state index in [1.54, 1.807) is 0 Å². The van der Waals surface area contributed by atoms with Crippen molar-refractivity contribution in [3.05, 3.63) is 29.3 Å². The lowest BCUT2D eigenvalue weighted by Crippen LogP contribution is -2.26. The molecule has 4 rings (SSSR count). The van der Waals surface area contributed by atoms with Crippen molar-refractivity contribution in [2.45, 2.75) is 45.1 Å². The number of para-hydroxylation sites is 1. The van der Waals surface area contributed by atoms with Crippen LogP contribution < -0.4 is 10.1 Å². The molecule has 108 valence electrons. The lowest BCUT2D eigenvalue weighted by atomic mass is 9.92. The monoisotopic (exact) mass is 271 g/mol. The Hall–Kier alpha value is -1.02. The summed E-state index contributed by atoms with van der Waals surface area (Å²) in [6.45, 7) is 4.16. The van der Waals surface area contributed by atoms with Gasteiger partial charge in [0.05, 0.1) is 6.61 Å². The normalized spacial score (nSPS) is 32.1. The van der Waals surface area contributed by atoms with Gasteiger partial charge in [-0.1, -0.05) is 31.5 Å². The molecule has 2 nitrogen and oxygen atoms in total. The second kappa shape index (κ2) is 5.07. The first kappa shape index (κ1) is 12.7. The quantitative estimate of drug-likeness (QED) is 0.901. The molecule has 3 aliphatic rings. The SMILES string of the molecule is CCNC(c1cccc2c1OCCC2)C1C2CCCC21. The topological polar surface area (TPSA) is 21.3 Å². The standard InChI is InChI=1S/C18H25NO/c1-2-19-17(16-13-8-4-9-14(13)16)15-10-3-6-12-7-5-11-20-18(12)15/h3,6,10,13-14,16-17,19H,2,4-5,7-9,11H2,1H3. The third-order valence-corrected chi connectivity index (χ3v) is 5.58. The van der Waals surface area contributed by atoms with Crippen molar-refractivity contribution in [2.75, 3.05) is 13.2 Å². The molecular formula is C18H25NO. The van der Waals surface area contributed by atoms with Crippen molar-refractivity contribution in [1.82, 2.24) is 5.32 Å². The third-order valence-electron chi connectivity index (χ3n) is 5.58. The van der Waals surface area contributed by atoms with Gasteiger partial charge in [0.15, 0.2) is 0 Å². The molecule has 1 aromatic rings. The van der Waals surface area contributed by atoms with Gasteiger partial charge in [-0.05, 0) is 55.5 Å². The highest BCUT2D eigenvalue weighted by Gasteiger charge is 2.56. The number of fused-ring (bicyclic) bond motifs is 2. The molecule has 0 aromatic heterocycles. The Morgan fingerprint density at radius 2 is 2.10 bits per heavy atom. The van der Waals surface area contributed by atoms with Gasteiger partial charge in [0.2, 0.25) is 0 Å². The maximum absolute atomic E-state index is 6.04. The molecule has 2 saturated carbocycles. The van der Waals surface area contributed by atoms with E-state index in [-0.39, 0.29) is 0 Å². The lowest BCUT2D eigenvalue weighted by Gasteiger charge is -2.27. The molecule has 3 atom stereocenters. The van der Waals surface area contributed by atoms with E-state index in [0.717, 1.165) is 37.3 Å². The first-order valence-corrected chi connectivity index (χ1v) is 8.38. The average Bonchev–Trinajstić information content (AvgIpc) is 2.95. The van der Waals surface area contributed by atoms with Crippen LogP contribution in [0.15, 0.2) is 18.2 Å². The van der Waals surface area contributed by atoms with Crippen LogP contribution in [0.3, 0.4) is 0 Å². The number of ether oxygens (including phenoxy) is 1. The number of rotatable bonds is 4. The molecule has 0 radical (unpaired) electrons. The predicted molar refractivity (Wildman–Crippen MR) is 81.0 cm³/mol. The smallest absolute Gasteiger partial charge is 0.127 e. The van der Waals surface area contributed by atoms with Gasteiger partial charge >= 0.3 is 0 Å². The van der Waals surface area contributed by atoms with E-state index in [4.69, 9.17) is 4.74 Å². The third kappa shape index (κ3) is 1.96. The largest absolute Gasteiger partial charge is 0.493 e. The van der Waals surface area contributed by atoms with Gasteiger partial charge in [-0.25, -0.2) is 0 Å². The van der Waals surface area contributed by atoms with Crippen molar-refractivity contribution in [1.29, 1.82) is 0 Å². The molecule has 0 spiro atoms. The Kier molecular flexibility index (Phi) is 3.22. The summed E-state index contributed by atoms with van der Waals surface area (Å²) in [6, 6.07) is 7.29. The van der Waals surface area contributed by atoms with Crippen LogP contribution in [0, 0.1) is 17.8 Å². The zero-order chi connectivity index (χ0) is 13.5. The molecule has 2 heteroatoms. The van der Waals surface area contributed by atoms with Crippen LogP contribution >= 0.6 is 0 Å². The zero-order valence-electron chi connectivity index (χ0n) is 12.4. The molecular weight excluding hydrogens is 246 g/mol. The minimum Gasteiger partial charge on any atom is -0.493 e. The maximum Gasteiger partial charge on any atom is 0.127 e. The van der Waals surface area contributed by atoms with Gasteiger partial charge in [0.1, 0.15) is 5.75 Å². The maximum atomic E-state index is 6.04. The first-order chi connectivity index (χ1) is 9.90. The average molecular weight is 271 g/mol. The van der Waals surface area contributed by atoms with Crippen molar-refractivity contribution in [3.63, 3.8) is 0 Å². The fraction of sp³-hybridized carbons (Fsp3) is 0.667. The minimum absolute atomic E-state index is 0.517. The zero-order valence-corrected chi connectivity index (χ0v) is 12.4. The van der Waals surface area contributed by atoms with Crippen LogP contribution in [0.25, 0.3) is 0 Å². The van der Waals surface area contributed by atoms with Crippen LogP contribution in [-0.4, -0.2) is 13.2 Å². The summed E-state index contributed by atoms with van der Waals surface area (Å²) in [5, 5.41) is 3.76. The highest BCUT2D eigenvalue weighted by atomic mass is 16.5. The van der Waals surface area contributed by atoms with Crippen molar-refractivity contribution in [3.8, 4) is 5.75 Å². The number of nitrogens with one attached hydrogen (secondary N) is 1. The molecule has 0 saturated heterocycles. The number of hydrogen-bond acceptors (Lipinski definition) is 2. The van der Waals surface area contributed by atoms with E-state index in [0.29, 0.717) is 6.04 Å². The van der Waals surface area contributed by atoms with Crippen LogP contribution in [0.2, 0.25) is 0 Å².